The van der Waals surface area contributed by atoms with Crippen molar-refractivity contribution in [3.05, 3.63) is 22.9 Å². The zero-order valence-electron chi connectivity index (χ0n) is 11.8. The zero-order valence-corrected chi connectivity index (χ0v) is 13.4. The third-order valence-electron chi connectivity index (χ3n) is 4.39. The number of thioether (sulfide) groups is 1. The minimum absolute atomic E-state index is 0.452. The smallest absolute Gasteiger partial charge is 0.136 e. The van der Waals surface area contributed by atoms with Crippen LogP contribution in [0.1, 0.15) is 42.5 Å². The van der Waals surface area contributed by atoms with Crippen LogP contribution in [0.15, 0.2) is 6.07 Å². The molecule has 1 saturated carbocycles. The standard InChI is InChI=1S/C15H21N3S2/c1-20-13-7-3-6-12(13)18-15-10(14(16)19)8-9-4-2-5-11(9)17-15/h8,12-13H,2-7H2,1H3,(H2,16,19)(H,17,18). The van der Waals surface area contributed by atoms with Gasteiger partial charge in [0.1, 0.15) is 10.8 Å². The molecule has 20 heavy (non-hydrogen) atoms. The second kappa shape index (κ2) is 5.90. The van der Waals surface area contributed by atoms with Gasteiger partial charge in [0.15, 0.2) is 0 Å². The summed E-state index contributed by atoms with van der Waals surface area (Å²) in [6.07, 6.45) is 9.35. The van der Waals surface area contributed by atoms with Crippen LogP contribution in [-0.2, 0) is 12.8 Å². The Morgan fingerprint density at radius 2 is 2.25 bits per heavy atom. The first-order valence-electron chi connectivity index (χ1n) is 7.31. The van der Waals surface area contributed by atoms with Gasteiger partial charge in [0.2, 0.25) is 0 Å². The first-order chi connectivity index (χ1) is 9.69. The van der Waals surface area contributed by atoms with E-state index in [2.05, 4.69) is 17.6 Å². The van der Waals surface area contributed by atoms with Crippen molar-refractivity contribution in [1.82, 2.24) is 4.98 Å². The van der Waals surface area contributed by atoms with E-state index in [0.717, 1.165) is 24.2 Å². The summed E-state index contributed by atoms with van der Waals surface area (Å²) in [5, 5.41) is 4.29. The molecule has 0 bridgehead atoms. The largest absolute Gasteiger partial charge is 0.389 e. The summed E-state index contributed by atoms with van der Waals surface area (Å²) in [6, 6.07) is 2.65. The maximum Gasteiger partial charge on any atom is 0.136 e. The maximum absolute atomic E-state index is 5.90. The SMILES string of the molecule is CSC1CCCC1Nc1nc2c(cc1C(N)=S)CCC2. The lowest BCUT2D eigenvalue weighted by molar-refractivity contribution is 0.761. The zero-order chi connectivity index (χ0) is 14.1. The fourth-order valence-corrected chi connectivity index (χ4v) is 4.41. The number of aromatic nitrogens is 1. The van der Waals surface area contributed by atoms with Gasteiger partial charge in [-0.15, -0.1) is 0 Å². The fraction of sp³-hybridized carbons (Fsp3) is 0.600. The molecule has 5 heteroatoms. The van der Waals surface area contributed by atoms with Crippen LogP contribution in [0.3, 0.4) is 0 Å². The molecule has 2 atom stereocenters. The van der Waals surface area contributed by atoms with Crippen LogP contribution >= 0.6 is 24.0 Å². The molecule has 3 rings (SSSR count). The van der Waals surface area contributed by atoms with Gasteiger partial charge in [0, 0.05) is 17.0 Å². The molecule has 1 aromatic rings. The van der Waals surface area contributed by atoms with Gasteiger partial charge in [-0.05, 0) is 50.0 Å². The lowest BCUT2D eigenvalue weighted by Gasteiger charge is -2.22. The minimum Gasteiger partial charge on any atom is -0.389 e. The summed E-state index contributed by atoms with van der Waals surface area (Å²) in [4.78, 5) is 5.27. The van der Waals surface area contributed by atoms with Gasteiger partial charge < -0.3 is 11.1 Å². The Morgan fingerprint density at radius 3 is 3.00 bits per heavy atom. The predicted octanol–water partition coefficient (Wildman–Crippen LogP) is 2.90. The lowest BCUT2D eigenvalue weighted by Crippen LogP contribution is -2.28. The van der Waals surface area contributed by atoms with E-state index in [1.807, 2.05) is 11.8 Å². The minimum atomic E-state index is 0.452. The molecule has 0 radical (unpaired) electrons. The molecule has 1 aromatic heterocycles. The van der Waals surface area contributed by atoms with Crippen molar-refractivity contribution < 1.29 is 0 Å². The van der Waals surface area contributed by atoms with Crippen LogP contribution < -0.4 is 11.1 Å². The molecule has 2 unspecified atom stereocenters. The molecular weight excluding hydrogens is 286 g/mol. The van der Waals surface area contributed by atoms with E-state index in [-0.39, 0.29) is 0 Å². The van der Waals surface area contributed by atoms with Crippen molar-refractivity contribution in [2.24, 2.45) is 5.73 Å². The van der Waals surface area contributed by atoms with E-state index in [9.17, 15) is 0 Å². The number of nitrogens with two attached hydrogens (primary N) is 1. The fourth-order valence-electron chi connectivity index (χ4n) is 3.32. The Hall–Kier alpha value is -0.810. The number of fused-ring (bicyclic) bond motifs is 1. The van der Waals surface area contributed by atoms with Crippen LogP contribution in [0.5, 0.6) is 0 Å². The summed E-state index contributed by atoms with van der Waals surface area (Å²) in [5.74, 6) is 0.907. The third-order valence-corrected chi connectivity index (χ3v) is 5.78. The van der Waals surface area contributed by atoms with E-state index in [0.29, 0.717) is 16.3 Å². The molecule has 108 valence electrons. The normalized spacial score (nSPS) is 24.6. The highest BCUT2D eigenvalue weighted by atomic mass is 32.2. The first-order valence-corrected chi connectivity index (χ1v) is 9.00. The van der Waals surface area contributed by atoms with Crippen LogP contribution in [0.25, 0.3) is 0 Å². The third kappa shape index (κ3) is 2.66. The number of nitrogens with one attached hydrogen (secondary N) is 1. The van der Waals surface area contributed by atoms with Crippen molar-refractivity contribution in [3.63, 3.8) is 0 Å². The average Bonchev–Trinajstić information content (AvgIpc) is 3.05. The number of aryl methyl sites for hydroxylation is 2. The molecule has 3 N–H and O–H groups in total. The molecule has 0 aliphatic heterocycles. The van der Waals surface area contributed by atoms with Crippen molar-refractivity contribution in [2.75, 3.05) is 11.6 Å². The van der Waals surface area contributed by atoms with Gasteiger partial charge >= 0.3 is 0 Å². The Kier molecular flexibility index (Phi) is 4.17. The Balaban J connectivity index is 1.90. The quantitative estimate of drug-likeness (QED) is 0.838. The molecule has 2 aliphatic carbocycles. The van der Waals surface area contributed by atoms with Gasteiger partial charge in [-0.2, -0.15) is 11.8 Å². The topological polar surface area (TPSA) is 50.9 Å². The molecule has 0 saturated heterocycles. The molecule has 0 aromatic carbocycles. The van der Waals surface area contributed by atoms with Crippen LogP contribution in [0.4, 0.5) is 5.82 Å². The van der Waals surface area contributed by atoms with Crippen molar-refractivity contribution >= 4 is 34.8 Å². The van der Waals surface area contributed by atoms with Crippen LogP contribution in [-0.4, -0.2) is 27.5 Å². The number of rotatable bonds is 4. The highest BCUT2D eigenvalue weighted by molar-refractivity contribution is 7.99. The van der Waals surface area contributed by atoms with Crippen LogP contribution in [0, 0.1) is 0 Å². The highest BCUT2D eigenvalue weighted by Crippen LogP contribution is 2.32. The Morgan fingerprint density at radius 1 is 1.40 bits per heavy atom. The van der Waals surface area contributed by atoms with Gasteiger partial charge in [0.05, 0.1) is 5.56 Å². The number of pyridine rings is 1. The number of hydrogen-bond donors (Lipinski definition) is 2. The van der Waals surface area contributed by atoms with Gasteiger partial charge in [-0.3, -0.25) is 0 Å². The maximum atomic E-state index is 5.90. The highest BCUT2D eigenvalue weighted by Gasteiger charge is 2.28. The monoisotopic (exact) mass is 307 g/mol. The summed E-state index contributed by atoms with van der Waals surface area (Å²) in [7, 11) is 0. The predicted molar refractivity (Wildman–Crippen MR) is 90.7 cm³/mol. The van der Waals surface area contributed by atoms with E-state index >= 15 is 0 Å². The van der Waals surface area contributed by atoms with Crippen molar-refractivity contribution in [2.45, 2.75) is 49.8 Å². The number of anilines is 1. The van der Waals surface area contributed by atoms with Gasteiger partial charge in [-0.1, -0.05) is 18.6 Å². The van der Waals surface area contributed by atoms with Gasteiger partial charge in [0.25, 0.3) is 0 Å². The molecule has 0 spiro atoms. The van der Waals surface area contributed by atoms with E-state index in [1.54, 1.807) is 0 Å². The lowest BCUT2D eigenvalue weighted by atomic mass is 10.1. The Labute approximate surface area is 130 Å². The van der Waals surface area contributed by atoms with Crippen molar-refractivity contribution in [3.8, 4) is 0 Å². The molecule has 2 aliphatic rings. The summed E-state index contributed by atoms with van der Waals surface area (Å²) < 4.78 is 0. The molecular formula is C15H21N3S2. The summed E-state index contributed by atoms with van der Waals surface area (Å²) in [6.45, 7) is 0. The summed E-state index contributed by atoms with van der Waals surface area (Å²) in [5.41, 5.74) is 9.37. The van der Waals surface area contributed by atoms with E-state index in [1.165, 1.54) is 36.9 Å². The second-order valence-electron chi connectivity index (χ2n) is 5.66. The van der Waals surface area contributed by atoms with E-state index < -0.39 is 0 Å². The number of thiocarbonyl (C=S) groups is 1. The molecule has 1 fully saturated rings. The number of nitrogens with zero attached hydrogens (tertiary/aromatic N) is 1. The van der Waals surface area contributed by atoms with Crippen LogP contribution in [0.2, 0.25) is 0 Å². The molecule has 0 amide bonds. The number of hydrogen-bond acceptors (Lipinski definition) is 4. The molecule has 3 nitrogen and oxygen atoms in total. The van der Waals surface area contributed by atoms with Crippen molar-refractivity contribution in [1.29, 1.82) is 0 Å². The Bertz CT molecular complexity index is 530. The summed E-state index contributed by atoms with van der Waals surface area (Å²) >= 11 is 7.16. The first kappa shape index (κ1) is 14.1. The average molecular weight is 307 g/mol. The van der Waals surface area contributed by atoms with E-state index in [4.69, 9.17) is 22.9 Å². The van der Waals surface area contributed by atoms with Gasteiger partial charge in [-0.25, -0.2) is 4.98 Å². The molecule has 1 heterocycles. The second-order valence-corrected chi connectivity index (χ2v) is 7.18.